The SMILES string of the molecule is CCC[C@H]1C[C@@H](C(=O)N(CC(F)(F)F)C(C)C)CCO1. The van der Waals surface area contributed by atoms with Gasteiger partial charge < -0.3 is 9.64 Å². The summed E-state index contributed by atoms with van der Waals surface area (Å²) in [5.41, 5.74) is 0. The van der Waals surface area contributed by atoms with Gasteiger partial charge in [0.1, 0.15) is 6.54 Å². The molecule has 0 bridgehead atoms. The monoisotopic (exact) mass is 295 g/mol. The van der Waals surface area contributed by atoms with Crippen molar-refractivity contribution in [3.8, 4) is 0 Å². The molecule has 1 saturated heterocycles. The third-order valence-corrected chi connectivity index (χ3v) is 3.58. The van der Waals surface area contributed by atoms with E-state index in [1.54, 1.807) is 13.8 Å². The molecule has 6 heteroatoms. The molecule has 0 aliphatic carbocycles. The summed E-state index contributed by atoms with van der Waals surface area (Å²) in [6.07, 6.45) is -1.50. The first-order valence-electron chi connectivity index (χ1n) is 7.23. The fraction of sp³-hybridized carbons (Fsp3) is 0.929. The molecule has 0 aromatic heterocycles. The van der Waals surface area contributed by atoms with Crippen LogP contribution in [0.15, 0.2) is 0 Å². The van der Waals surface area contributed by atoms with Gasteiger partial charge in [-0.15, -0.1) is 0 Å². The first kappa shape index (κ1) is 17.3. The molecule has 3 nitrogen and oxygen atoms in total. The number of amides is 1. The number of alkyl halides is 3. The largest absolute Gasteiger partial charge is 0.406 e. The van der Waals surface area contributed by atoms with E-state index in [9.17, 15) is 18.0 Å². The Morgan fingerprint density at radius 1 is 1.40 bits per heavy atom. The standard InChI is InChI=1S/C14H24F3NO2/c1-4-5-12-8-11(6-7-20-12)13(19)18(10(2)3)9-14(15,16)17/h10-12H,4-9H2,1-3H3/t11-,12-/m0/s1. The zero-order valence-electron chi connectivity index (χ0n) is 12.4. The predicted molar refractivity (Wildman–Crippen MR) is 70.3 cm³/mol. The Labute approximate surface area is 118 Å². The Balaban J connectivity index is 2.69. The predicted octanol–water partition coefficient (Wildman–Crippen LogP) is 3.38. The molecular formula is C14H24F3NO2. The highest BCUT2D eigenvalue weighted by molar-refractivity contribution is 5.79. The van der Waals surface area contributed by atoms with E-state index in [2.05, 4.69) is 0 Å². The van der Waals surface area contributed by atoms with Crippen LogP contribution < -0.4 is 0 Å². The molecule has 0 saturated carbocycles. The molecule has 20 heavy (non-hydrogen) atoms. The zero-order chi connectivity index (χ0) is 15.3. The Morgan fingerprint density at radius 3 is 2.55 bits per heavy atom. The minimum Gasteiger partial charge on any atom is -0.378 e. The third-order valence-electron chi connectivity index (χ3n) is 3.58. The second kappa shape index (κ2) is 7.29. The lowest BCUT2D eigenvalue weighted by Crippen LogP contribution is -2.47. The lowest BCUT2D eigenvalue weighted by molar-refractivity contribution is -0.169. The van der Waals surface area contributed by atoms with Gasteiger partial charge in [-0.1, -0.05) is 13.3 Å². The molecule has 1 aliphatic heterocycles. The minimum atomic E-state index is -4.35. The van der Waals surface area contributed by atoms with Gasteiger partial charge >= 0.3 is 6.18 Å². The molecule has 0 N–H and O–H groups in total. The molecule has 0 unspecified atom stereocenters. The van der Waals surface area contributed by atoms with Crippen molar-refractivity contribution in [2.24, 2.45) is 5.92 Å². The molecule has 1 aliphatic rings. The number of carbonyl (C=O) groups excluding carboxylic acids is 1. The van der Waals surface area contributed by atoms with Crippen molar-refractivity contribution in [1.29, 1.82) is 0 Å². The maximum atomic E-state index is 12.6. The Morgan fingerprint density at radius 2 is 2.05 bits per heavy atom. The Bertz CT molecular complexity index is 316. The summed E-state index contributed by atoms with van der Waals surface area (Å²) in [5, 5.41) is 0. The van der Waals surface area contributed by atoms with Crippen LogP contribution in [-0.4, -0.2) is 42.3 Å². The van der Waals surface area contributed by atoms with Crippen LogP contribution in [0.5, 0.6) is 0 Å². The van der Waals surface area contributed by atoms with Gasteiger partial charge in [0.2, 0.25) is 5.91 Å². The van der Waals surface area contributed by atoms with E-state index in [1.807, 2.05) is 6.92 Å². The summed E-state index contributed by atoms with van der Waals surface area (Å²) >= 11 is 0. The number of nitrogens with zero attached hydrogens (tertiary/aromatic N) is 1. The van der Waals surface area contributed by atoms with E-state index in [4.69, 9.17) is 4.74 Å². The normalized spacial score (nSPS) is 23.9. The van der Waals surface area contributed by atoms with Gasteiger partial charge in [0.05, 0.1) is 6.10 Å². The molecule has 0 radical (unpaired) electrons. The number of ether oxygens (including phenoxy) is 1. The zero-order valence-corrected chi connectivity index (χ0v) is 12.4. The average molecular weight is 295 g/mol. The average Bonchev–Trinajstić information content (AvgIpc) is 2.34. The van der Waals surface area contributed by atoms with Gasteiger partial charge in [-0.2, -0.15) is 13.2 Å². The number of hydrogen-bond acceptors (Lipinski definition) is 2. The van der Waals surface area contributed by atoms with Crippen molar-refractivity contribution in [1.82, 2.24) is 4.90 Å². The molecule has 0 spiro atoms. The molecule has 2 atom stereocenters. The number of hydrogen-bond donors (Lipinski definition) is 0. The second-order valence-corrected chi connectivity index (χ2v) is 5.68. The highest BCUT2D eigenvalue weighted by Gasteiger charge is 2.38. The van der Waals surface area contributed by atoms with Crippen LogP contribution in [0.25, 0.3) is 0 Å². The second-order valence-electron chi connectivity index (χ2n) is 5.68. The Hall–Kier alpha value is -0.780. The van der Waals surface area contributed by atoms with E-state index in [-0.39, 0.29) is 17.9 Å². The van der Waals surface area contributed by atoms with E-state index in [0.717, 1.165) is 17.7 Å². The van der Waals surface area contributed by atoms with Crippen LogP contribution in [-0.2, 0) is 9.53 Å². The van der Waals surface area contributed by atoms with Gasteiger partial charge in [0, 0.05) is 18.6 Å². The van der Waals surface area contributed by atoms with Crippen molar-refractivity contribution in [2.75, 3.05) is 13.2 Å². The molecule has 0 aromatic rings. The molecule has 1 amide bonds. The molecular weight excluding hydrogens is 271 g/mol. The van der Waals surface area contributed by atoms with E-state index < -0.39 is 18.8 Å². The molecule has 0 aromatic carbocycles. The van der Waals surface area contributed by atoms with Gasteiger partial charge in [-0.3, -0.25) is 4.79 Å². The van der Waals surface area contributed by atoms with E-state index >= 15 is 0 Å². The van der Waals surface area contributed by atoms with Crippen molar-refractivity contribution in [3.05, 3.63) is 0 Å². The summed E-state index contributed by atoms with van der Waals surface area (Å²) < 4.78 is 43.3. The molecule has 1 rings (SSSR count). The molecule has 1 heterocycles. The number of halogens is 3. The molecule has 1 fully saturated rings. The lowest BCUT2D eigenvalue weighted by atomic mass is 9.92. The van der Waals surface area contributed by atoms with Gasteiger partial charge in [-0.25, -0.2) is 0 Å². The number of carbonyl (C=O) groups is 1. The highest BCUT2D eigenvalue weighted by Crippen LogP contribution is 2.27. The Kier molecular flexibility index (Phi) is 6.30. The highest BCUT2D eigenvalue weighted by atomic mass is 19.4. The maximum Gasteiger partial charge on any atom is 0.406 e. The third kappa shape index (κ3) is 5.31. The van der Waals surface area contributed by atoms with Gasteiger partial charge in [0.15, 0.2) is 0 Å². The topological polar surface area (TPSA) is 29.5 Å². The van der Waals surface area contributed by atoms with Gasteiger partial charge in [0.25, 0.3) is 0 Å². The van der Waals surface area contributed by atoms with Crippen LogP contribution in [0.1, 0.15) is 46.5 Å². The summed E-state index contributed by atoms with van der Waals surface area (Å²) in [7, 11) is 0. The van der Waals surface area contributed by atoms with Crippen LogP contribution in [0.2, 0.25) is 0 Å². The fourth-order valence-corrected chi connectivity index (χ4v) is 2.57. The van der Waals surface area contributed by atoms with Crippen molar-refractivity contribution in [2.45, 2.75) is 64.8 Å². The quantitative estimate of drug-likeness (QED) is 0.778. The maximum absolute atomic E-state index is 12.6. The fourth-order valence-electron chi connectivity index (χ4n) is 2.57. The summed E-state index contributed by atoms with van der Waals surface area (Å²) in [4.78, 5) is 13.3. The van der Waals surface area contributed by atoms with Crippen LogP contribution in [0, 0.1) is 5.92 Å². The van der Waals surface area contributed by atoms with Crippen molar-refractivity contribution >= 4 is 5.91 Å². The first-order valence-corrected chi connectivity index (χ1v) is 7.23. The minimum absolute atomic E-state index is 0.00241. The van der Waals surface area contributed by atoms with Crippen LogP contribution >= 0.6 is 0 Å². The van der Waals surface area contributed by atoms with Crippen LogP contribution in [0.3, 0.4) is 0 Å². The number of rotatable bonds is 5. The lowest BCUT2D eigenvalue weighted by Gasteiger charge is -2.35. The summed E-state index contributed by atoms with van der Waals surface area (Å²) in [6.45, 7) is 4.55. The van der Waals surface area contributed by atoms with Crippen molar-refractivity contribution < 1.29 is 22.7 Å². The van der Waals surface area contributed by atoms with Gasteiger partial charge in [-0.05, 0) is 33.1 Å². The van der Waals surface area contributed by atoms with Crippen molar-refractivity contribution in [3.63, 3.8) is 0 Å². The molecule has 118 valence electrons. The first-order chi connectivity index (χ1) is 9.24. The van der Waals surface area contributed by atoms with Crippen LogP contribution in [0.4, 0.5) is 13.2 Å². The van der Waals surface area contributed by atoms with E-state index in [1.165, 1.54) is 0 Å². The summed E-state index contributed by atoms with van der Waals surface area (Å²) in [6, 6.07) is -0.448. The summed E-state index contributed by atoms with van der Waals surface area (Å²) in [5.74, 6) is -0.730. The smallest absolute Gasteiger partial charge is 0.378 e. The van der Waals surface area contributed by atoms with E-state index in [0.29, 0.717) is 19.4 Å².